The first-order valence-corrected chi connectivity index (χ1v) is 31.5. The summed E-state index contributed by atoms with van der Waals surface area (Å²) in [6, 6.07) is 0. The van der Waals surface area contributed by atoms with Crippen molar-refractivity contribution in [3.05, 3.63) is 34.9 Å². The largest absolute Gasteiger partial charge is 0.479 e. The number of esters is 2. The first kappa shape index (κ1) is 71.1. The lowest BCUT2D eigenvalue weighted by atomic mass is 9.32. The number of hydrogen-bond donors (Lipinski definition) is 14. The minimum Gasteiger partial charge on any atom is -0.479 e. The van der Waals surface area contributed by atoms with Crippen molar-refractivity contribution in [2.75, 3.05) is 19.8 Å². The lowest BCUT2D eigenvalue weighted by Crippen LogP contribution is -2.76. The third kappa shape index (κ3) is 11.5. The molecular weight excluding hydrogens is 1190 g/mol. The highest BCUT2D eigenvalue weighted by Gasteiger charge is 2.76. The highest BCUT2D eigenvalue weighted by molar-refractivity contribution is 5.89. The van der Waals surface area contributed by atoms with Gasteiger partial charge in [0.2, 0.25) is 0 Å². The second-order valence-electron chi connectivity index (χ2n) is 28.8. The van der Waals surface area contributed by atoms with E-state index in [2.05, 4.69) is 19.9 Å². The first-order valence-electron chi connectivity index (χ1n) is 31.5. The van der Waals surface area contributed by atoms with Gasteiger partial charge < -0.3 is 119 Å². The zero-order chi connectivity index (χ0) is 66.6. The summed E-state index contributed by atoms with van der Waals surface area (Å²) in [5.41, 5.74) is -4.73. The van der Waals surface area contributed by atoms with E-state index in [0.717, 1.165) is 5.57 Å². The molecule has 3 unspecified atom stereocenters. The molecule has 512 valence electrons. The van der Waals surface area contributed by atoms with E-state index < -0.39 is 223 Å². The molecule has 0 bridgehead atoms. The minimum atomic E-state index is -2.24. The van der Waals surface area contributed by atoms with Crippen LogP contribution < -0.4 is 0 Å². The summed E-state index contributed by atoms with van der Waals surface area (Å²) in [6.45, 7) is 19.7. The van der Waals surface area contributed by atoms with Crippen LogP contribution in [0.1, 0.15) is 122 Å². The van der Waals surface area contributed by atoms with E-state index in [1.54, 1.807) is 39.8 Å². The molecular formula is C63H98O27. The maximum absolute atomic E-state index is 13.9. The number of ether oxygens (including phenoxy) is 10. The van der Waals surface area contributed by atoms with E-state index in [1.807, 2.05) is 34.6 Å². The van der Waals surface area contributed by atoms with Crippen LogP contribution in [0.5, 0.6) is 0 Å². The van der Waals surface area contributed by atoms with E-state index in [9.17, 15) is 85.9 Å². The summed E-state index contributed by atoms with van der Waals surface area (Å²) in [5, 5.41) is 158. The molecule has 9 aliphatic rings. The summed E-state index contributed by atoms with van der Waals surface area (Å²) < 4.78 is 61.6. The van der Waals surface area contributed by atoms with Gasteiger partial charge in [0.05, 0.1) is 49.7 Å². The fourth-order valence-electron chi connectivity index (χ4n) is 17.6. The van der Waals surface area contributed by atoms with Crippen LogP contribution in [0, 0.1) is 50.2 Å². The molecule has 8 fully saturated rings. The van der Waals surface area contributed by atoms with Crippen molar-refractivity contribution in [3.8, 4) is 0 Å². The number of carboxylic acid groups (broad SMARTS) is 1. The Hall–Kier alpha value is -3.21. The highest BCUT2D eigenvalue weighted by Crippen LogP contribution is 2.76. The molecule has 31 atom stereocenters. The molecule has 0 spiro atoms. The SMILES string of the molecule is C/C=C(/C)C(=O)O[C@H]1[C@H](OC(=O)/C(C)=C\C)[C@@]2(CO)C(CC1(C)C)C1=CCC3[C@@]4(C)CC[C@H](O[C@@H]5O[C@H](C(=O)O)[C@@H](O)[C@H](O[C@@H]6OC[C@H](O)[C@H](O)[C@H]6O[C@@H]6O[C@@H](C)[C@H](O)[C@@H](O)[C@H]6O)[C@H]5O[C@@H]5O[C@H](CO)[C@H](O)[C@H](O)[C@H]5O)C(C)(C)C4CC[C@@]3(C)[C@]1(C)[C@@H](O)[C@H]2O. The normalized spacial score (nSPS) is 50.2. The second-order valence-corrected chi connectivity index (χ2v) is 28.8. The smallest absolute Gasteiger partial charge is 0.335 e. The number of carboxylic acids is 1. The quantitative estimate of drug-likeness (QED) is 0.0409. The van der Waals surface area contributed by atoms with Gasteiger partial charge in [-0.25, -0.2) is 14.4 Å². The maximum atomic E-state index is 13.9. The topological polar surface area (TPSA) is 427 Å². The van der Waals surface area contributed by atoms with E-state index in [4.69, 9.17) is 47.4 Å². The van der Waals surface area contributed by atoms with Gasteiger partial charge in [0.25, 0.3) is 0 Å². The summed E-state index contributed by atoms with van der Waals surface area (Å²) in [6.07, 6.45) is -34.4. The Kier molecular flexibility index (Phi) is 20.6. The van der Waals surface area contributed by atoms with Gasteiger partial charge >= 0.3 is 17.9 Å². The lowest BCUT2D eigenvalue weighted by molar-refractivity contribution is -0.401. The number of aliphatic hydroxyl groups is 13. The molecule has 5 aliphatic carbocycles. The average molecular weight is 1290 g/mol. The van der Waals surface area contributed by atoms with Crippen LogP contribution in [-0.4, -0.2) is 256 Å². The van der Waals surface area contributed by atoms with E-state index in [-0.39, 0.29) is 30.3 Å². The number of rotatable bonds is 15. The van der Waals surface area contributed by atoms with Crippen LogP contribution in [-0.2, 0) is 61.8 Å². The predicted octanol–water partition coefficient (Wildman–Crippen LogP) is -0.885. The van der Waals surface area contributed by atoms with Crippen molar-refractivity contribution in [1.29, 1.82) is 0 Å². The molecule has 4 aliphatic heterocycles. The number of fused-ring (bicyclic) bond motifs is 7. The number of hydrogen-bond acceptors (Lipinski definition) is 26. The molecule has 4 saturated carbocycles. The van der Waals surface area contributed by atoms with Gasteiger partial charge in [0, 0.05) is 22.0 Å². The number of allylic oxidation sites excluding steroid dienone is 3. The lowest BCUT2D eigenvalue weighted by Gasteiger charge is -2.73. The third-order valence-corrected chi connectivity index (χ3v) is 23.4. The molecule has 27 nitrogen and oxygen atoms in total. The Bertz CT molecular complexity index is 2700. The van der Waals surface area contributed by atoms with Crippen LogP contribution >= 0.6 is 0 Å². The molecule has 0 radical (unpaired) electrons. The van der Waals surface area contributed by atoms with Crippen LogP contribution in [0.2, 0.25) is 0 Å². The van der Waals surface area contributed by atoms with Gasteiger partial charge in [0.15, 0.2) is 37.4 Å². The van der Waals surface area contributed by atoms with Gasteiger partial charge in [-0.15, -0.1) is 0 Å². The Morgan fingerprint density at radius 2 is 1.20 bits per heavy atom. The van der Waals surface area contributed by atoms with Crippen LogP contribution in [0.15, 0.2) is 34.9 Å². The Morgan fingerprint density at radius 1 is 0.622 bits per heavy atom. The van der Waals surface area contributed by atoms with E-state index >= 15 is 0 Å². The second kappa shape index (κ2) is 26.1. The molecule has 14 N–H and O–H groups in total. The molecule has 4 saturated heterocycles. The minimum absolute atomic E-state index is 0.199. The summed E-state index contributed by atoms with van der Waals surface area (Å²) in [4.78, 5) is 40.8. The van der Waals surface area contributed by atoms with Crippen LogP contribution in [0.4, 0.5) is 0 Å². The average Bonchev–Trinajstić information content (AvgIpc) is 0.663. The zero-order valence-corrected chi connectivity index (χ0v) is 53.3. The van der Waals surface area contributed by atoms with Crippen molar-refractivity contribution in [3.63, 3.8) is 0 Å². The Morgan fingerprint density at radius 3 is 1.79 bits per heavy atom. The van der Waals surface area contributed by atoms with E-state index in [0.29, 0.717) is 31.3 Å². The number of aliphatic carboxylic acids is 1. The Balaban J connectivity index is 1.05. The molecule has 90 heavy (non-hydrogen) atoms. The number of carbonyl (C=O) groups is 3. The fourth-order valence-corrected chi connectivity index (χ4v) is 17.6. The van der Waals surface area contributed by atoms with Gasteiger partial charge in [-0.1, -0.05) is 72.3 Å². The molecule has 0 aromatic heterocycles. The van der Waals surface area contributed by atoms with Crippen LogP contribution in [0.25, 0.3) is 0 Å². The van der Waals surface area contributed by atoms with Crippen LogP contribution in [0.3, 0.4) is 0 Å². The fraction of sp³-hybridized carbons (Fsp3) is 0.857. The molecule has 27 heteroatoms. The molecule has 9 rings (SSSR count). The van der Waals surface area contributed by atoms with Gasteiger partial charge in [-0.05, 0) is 107 Å². The summed E-state index contributed by atoms with van der Waals surface area (Å²) >= 11 is 0. The van der Waals surface area contributed by atoms with Crippen molar-refractivity contribution in [2.45, 2.75) is 269 Å². The number of aliphatic hydroxyl groups excluding tert-OH is 13. The monoisotopic (exact) mass is 1290 g/mol. The summed E-state index contributed by atoms with van der Waals surface area (Å²) in [5.74, 6) is -4.24. The van der Waals surface area contributed by atoms with Crippen molar-refractivity contribution in [2.24, 2.45) is 50.2 Å². The van der Waals surface area contributed by atoms with Gasteiger partial charge in [0.1, 0.15) is 85.5 Å². The Labute approximate surface area is 523 Å². The summed E-state index contributed by atoms with van der Waals surface area (Å²) in [7, 11) is 0. The molecule has 0 amide bonds. The van der Waals surface area contributed by atoms with E-state index in [1.165, 1.54) is 6.92 Å². The zero-order valence-electron chi connectivity index (χ0n) is 53.3. The third-order valence-electron chi connectivity index (χ3n) is 23.4. The highest BCUT2D eigenvalue weighted by atomic mass is 16.8. The first-order chi connectivity index (χ1) is 42.0. The van der Waals surface area contributed by atoms with Crippen molar-refractivity contribution >= 4 is 17.9 Å². The van der Waals surface area contributed by atoms with Crippen molar-refractivity contribution in [1.82, 2.24) is 0 Å². The molecule has 0 aromatic carbocycles. The van der Waals surface area contributed by atoms with Gasteiger partial charge in [-0.3, -0.25) is 0 Å². The standard InChI is InChI=1S/C63H98O27/c1-13-25(3)52(79)89-49-50(90-53(80)26(4)14-2)63(24-65)29(21-58(49,6)7)28-15-16-33-60(10)19-18-34(59(8,9)32(60)17-20-61(33,11)62(28,12)47(75)48(63)76)84-57-46(88-55-41(73)39(71)37(69)31(22-64)83-55)43(42(74)44(86-57)51(77)78)85-56-45(36(68)30(66)23-81-56)87-54-40(72)38(70)35(67)27(5)82-54/h13-15,27,29-50,54-57,64-76H,16-24H2,1-12H3,(H,77,78)/b25-13-,26-14-/t27-,29?,30-,31+,32?,33?,34-,35-,36-,37-,38+,39-,40+,41+,42-,43-,44-,45+,46+,47-,48+,49-,50-,54-,55-,56-,57+,60-,61+,62-,63-/m0/s1. The maximum Gasteiger partial charge on any atom is 0.335 e. The molecule has 4 heterocycles. The van der Waals surface area contributed by atoms with Gasteiger partial charge in [-0.2, -0.15) is 0 Å². The predicted molar refractivity (Wildman–Crippen MR) is 308 cm³/mol. The van der Waals surface area contributed by atoms with Crippen molar-refractivity contribution < 1.29 is 133 Å². The molecule has 0 aromatic rings. The number of carbonyl (C=O) groups excluding carboxylic acids is 2.